The van der Waals surface area contributed by atoms with Crippen molar-refractivity contribution in [2.24, 2.45) is 0 Å². The fraction of sp³-hybridized carbons (Fsp3) is 0. The molecule has 0 amide bonds. The Kier molecular flexibility index (Phi) is 21.1. The summed E-state index contributed by atoms with van der Waals surface area (Å²) in [7, 11) is -1.46. The van der Waals surface area contributed by atoms with Gasteiger partial charge in [0.05, 0.1) is 44.7 Å². The minimum atomic E-state index is -1.46. The molecule has 0 aliphatic carbocycles. The van der Waals surface area contributed by atoms with Gasteiger partial charge in [-0.15, -0.1) is 45.3 Å². The number of fused-ring (bicyclic) bond motifs is 21. The fourth-order valence-corrected chi connectivity index (χ4v) is 22.4. The molecular weight excluding hydrogens is 1720 g/mol. The number of halogens is 4. The van der Waals surface area contributed by atoms with Crippen LogP contribution in [0.1, 0.15) is 5.56 Å². The van der Waals surface area contributed by atoms with Gasteiger partial charge in [0.2, 0.25) is 0 Å². The van der Waals surface area contributed by atoms with E-state index in [0.717, 1.165) is 58.2 Å². The Balaban J connectivity index is 0.000000100. The van der Waals surface area contributed by atoms with Crippen molar-refractivity contribution < 1.29 is 10.0 Å². The summed E-state index contributed by atoms with van der Waals surface area (Å²) in [6.07, 6.45) is 0. The van der Waals surface area contributed by atoms with Crippen molar-refractivity contribution in [1.82, 2.24) is 13.7 Å². The lowest BCUT2D eigenvalue weighted by Gasteiger charge is -2.08. The van der Waals surface area contributed by atoms with Crippen LogP contribution in [-0.4, -0.2) is 30.9 Å². The van der Waals surface area contributed by atoms with Crippen LogP contribution in [0.4, 0.5) is 0 Å². The second kappa shape index (κ2) is 33.4. The highest BCUT2D eigenvalue weighted by atomic mass is 79.9. The summed E-state index contributed by atoms with van der Waals surface area (Å²) in [6, 6.07) is 139. The molecule has 0 fully saturated rings. The van der Waals surface area contributed by atoms with E-state index in [1.807, 2.05) is 131 Å². The summed E-state index contributed by atoms with van der Waals surface area (Å²) in [6.45, 7) is 0. The van der Waals surface area contributed by atoms with E-state index in [4.69, 9.17) is 40.1 Å². The first-order chi connectivity index (χ1) is 60.9. The van der Waals surface area contributed by atoms with Crippen LogP contribution in [0, 0.1) is 11.3 Å². The average Bonchev–Trinajstić information content (AvgIpc) is 1.64. The molecule has 25 rings (SSSR count). The van der Waals surface area contributed by atoms with E-state index in [1.165, 1.54) is 158 Å². The van der Waals surface area contributed by atoms with Gasteiger partial charge in [0.1, 0.15) is 0 Å². The third-order valence-corrected chi connectivity index (χ3v) is 28.8. The largest absolute Gasteiger partial charge is 0.488 e. The molecule has 25 aromatic rings. The Morgan fingerprint density at radius 3 is 0.911 bits per heavy atom. The van der Waals surface area contributed by atoms with Crippen molar-refractivity contribution in [3.05, 3.63) is 419 Å². The number of benzene rings is 18. The van der Waals surface area contributed by atoms with Gasteiger partial charge in [-0.05, 0) is 251 Å². The first kappa shape index (κ1) is 78.3. The van der Waals surface area contributed by atoms with Crippen LogP contribution in [0.5, 0.6) is 0 Å². The molecule has 0 radical (unpaired) electrons. The van der Waals surface area contributed by atoms with E-state index >= 15 is 0 Å². The normalized spacial score (nSPS) is 11.5. The first-order valence-corrected chi connectivity index (χ1v) is 45.6. The van der Waals surface area contributed by atoms with Crippen molar-refractivity contribution in [2.45, 2.75) is 0 Å². The van der Waals surface area contributed by atoms with Gasteiger partial charge in [0.25, 0.3) is 0 Å². The molecule has 15 heteroatoms. The monoisotopic (exact) mass is 1790 g/mol. The minimum absolute atomic E-state index is 0.503. The highest BCUT2D eigenvalue weighted by Gasteiger charge is 2.21. The number of aromatic nitrogens is 3. The fourth-order valence-electron chi connectivity index (χ4n) is 17.2. The van der Waals surface area contributed by atoms with E-state index < -0.39 is 7.12 Å². The maximum Gasteiger partial charge on any atom is 0.488 e. The van der Waals surface area contributed by atoms with Crippen LogP contribution in [-0.2, 0) is 0 Å². The first-order valence-electron chi connectivity index (χ1n) is 40.4. The molecule has 18 aromatic carbocycles. The number of thiophene rings is 4. The van der Waals surface area contributed by atoms with Gasteiger partial charge < -0.3 is 23.7 Å². The molecule has 0 aliphatic heterocycles. The van der Waals surface area contributed by atoms with Crippen LogP contribution in [0.3, 0.4) is 0 Å². The molecule has 0 spiro atoms. The highest BCUT2D eigenvalue weighted by Crippen LogP contribution is 2.45. The van der Waals surface area contributed by atoms with Crippen molar-refractivity contribution in [3.63, 3.8) is 0 Å². The molecule has 6 nitrogen and oxygen atoms in total. The zero-order valence-electron chi connectivity index (χ0n) is 65.9. The van der Waals surface area contributed by atoms with Gasteiger partial charge in [-0.2, -0.15) is 5.26 Å². The summed E-state index contributed by atoms with van der Waals surface area (Å²) >= 11 is 29.1. The molecule has 0 atom stereocenters. The number of para-hydroxylation sites is 6. The van der Waals surface area contributed by atoms with Gasteiger partial charge in [-0.3, -0.25) is 0 Å². The third kappa shape index (κ3) is 14.8. The minimum Gasteiger partial charge on any atom is -0.423 e. The summed E-state index contributed by atoms with van der Waals surface area (Å²) in [5, 5.41) is 47.7. The van der Waals surface area contributed by atoms with Gasteiger partial charge in [-0.25, -0.2) is 0 Å². The van der Waals surface area contributed by atoms with E-state index in [9.17, 15) is 10.0 Å². The second-order valence-corrected chi connectivity index (χ2v) is 37.0. The zero-order valence-corrected chi connectivity index (χ0v) is 73.1. The van der Waals surface area contributed by atoms with Gasteiger partial charge in [0, 0.05) is 150 Å². The predicted molar refractivity (Wildman–Crippen MR) is 540 cm³/mol. The van der Waals surface area contributed by atoms with Gasteiger partial charge >= 0.3 is 7.12 Å². The predicted octanol–water partition coefficient (Wildman–Crippen LogP) is 32.5. The molecule has 7 aromatic heterocycles. The maximum atomic E-state index is 9.43. The lowest BCUT2D eigenvalue weighted by atomic mass is 9.80. The summed E-state index contributed by atoms with van der Waals surface area (Å²) in [4.78, 5) is 0. The number of nitrogens with zero attached hydrogens (tertiary/aromatic N) is 4. The molecule has 0 aliphatic rings. The second-order valence-electron chi connectivity index (χ2n) is 30.5. The number of hydrogen-bond donors (Lipinski definition) is 2. The standard InChI is InChI=1S/C37H22N2S.C30H18ClNS.C18H14BNO2.C12H6BrClS.C12H7ClS/c38-23-24-10-12-25(13-11-24)26-15-18-36-32(21-26)33-22-28(16-19-37(33)40-36)27-14-17-35-31(20-27)30-8-4-5-9-34(30)39(35)29-6-2-1-3-7-29;31-21-12-15-30-26(18-21)25-17-20(11-14-29(25)33-30)19-10-13-28-24(16-19)23-8-4-5-9-27(23)32(28)22-6-2-1-3-7-22;21-19(22)13-10-11-18-16(12-13)15-8-4-5-9-17(15)20(18)14-6-2-1-3-7-14;13-7-1-3-11-9(5-7)10-6-8(14)2-4-12(10)15-11;13-8-5-6-12-10(7-8)9-3-1-2-4-11(9)14-12/h1-22H;1-18H;1-12,21-22H;1-6H;1-7H. The van der Waals surface area contributed by atoms with Crippen molar-refractivity contribution >= 4 is 255 Å². The SMILES string of the molecule is Clc1ccc2sc3ccc(-c4ccc5c(c4)c4ccccc4n5-c4ccccc4)cc3c2c1.Clc1ccc2sc3ccc(Br)cc3c2c1.Clc1ccc2sc3ccccc3c2c1.N#Cc1ccc(-c2ccc3sc4ccc(-c5ccc6c(c5)c5ccccc5n6-c5ccccc5)cc4c3c2)cc1.OB(O)c1ccc2c(c1)c1ccccc1n2-c1ccccc1. The summed E-state index contributed by atoms with van der Waals surface area (Å²) < 4.78 is 18.4. The van der Waals surface area contributed by atoms with Crippen LogP contribution in [0.25, 0.3) is 197 Å². The Morgan fingerprint density at radius 1 is 0.242 bits per heavy atom. The molecule has 0 saturated heterocycles. The quantitative estimate of drug-likeness (QED) is 0.156. The number of rotatable bonds is 7. The van der Waals surface area contributed by atoms with E-state index in [0.29, 0.717) is 11.0 Å². The molecule has 0 unspecified atom stereocenters. The van der Waals surface area contributed by atoms with Crippen LogP contribution in [0.2, 0.25) is 15.1 Å². The highest BCUT2D eigenvalue weighted by molar-refractivity contribution is 9.10. The van der Waals surface area contributed by atoms with Crippen LogP contribution in [0.15, 0.2) is 399 Å². The lowest BCUT2D eigenvalue weighted by Crippen LogP contribution is -2.29. The topological polar surface area (TPSA) is 79.0 Å². The Morgan fingerprint density at radius 2 is 0.516 bits per heavy atom. The Hall–Kier alpha value is -12.9. The van der Waals surface area contributed by atoms with Crippen molar-refractivity contribution in [3.8, 4) is 56.5 Å². The molecule has 590 valence electrons. The maximum absolute atomic E-state index is 9.43. The van der Waals surface area contributed by atoms with E-state index in [-0.39, 0.29) is 0 Å². The van der Waals surface area contributed by atoms with Gasteiger partial charge in [-0.1, -0.05) is 233 Å². The zero-order chi connectivity index (χ0) is 83.6. The average molecular weight is 1790 g/mol. The van der Waals surface area contributed by atoms with E-state index in [2.05, 4.69) is 327 Å². The van der Waals surface area contributed by atoms with Crippen molar-refractivity contribution in [1.29, 1.82) is 5.26 Å². The number of hydrogen-bond acceptors (Lipinski definition) is 7. The molecule has 0 saturated carbocycles. The third-order valence-electron chi connectivity index (χ3n) is 23.0. The molecular formula is C109H67BBrCl3N4O2S4. The smallest absolute Gasteiger partial charge is 0.423 e. The Bertz CT molecular complexity index is 8450. The molecule has 124 heavy (non-hydrogen) atoms. The molecule has 0 bridgehead atoms. The van der Waals surface area contributed by atoms with Gasteiger partial charge in [0.15, 0.2) is 0 Å². The van der Waals surface area contributed by atoms with Crippen molar-refractivity contribution in [2.75, 3.05) is 0 Å². The lowest BCUT2D eigenvalue weighted by molar-refractivity contribution is 0.426. The molecule has 7 heterocycles. The summed E-state index contributed by atoms with van der Waals surface area (Å²) in [5.74, 6) is 0. The van der Waals surface area contributed by atoms with E-state index in [1.54, 1.807) is 17.4 Å². The molecule has 2 N–H and O–H groups in total. The summed E-state index contributed by atoms with van der Waals surface area (Å²) in [5.41, 5.74) is 18.8. The van der Waals surface area contributed by atoms with Crippen LogP contribution >= 0.6 is 96.1 Å². The van der Waals surface area contributed by atoms with Crippen LogP contribution < -0.4 is 5.46 Å². The number of nitriles is 1. The Labute approximate surface area is 752 Å².